The van der Waals surface area contributed by atoms with Crippen LogP contribution in [0.25, 0.3) is 0 Å². The molecule has 12 heavy (non-hydrogen) atoms. The molecular weight excluding hydrogens is 174 g/mol. The molecule has 0 aliphatic carbocycles. The zero-order valence-corrected chi connectivity index (χ0v) is 7.31. The van der Waals surface area contributed by atoms with E-state index in [1.807, 2.05) is 6.07 Å². The molecule has 0 aromatic carbocycles. The summed E-state index contributed by atoms with van der Waals surface area (Å²) in [5.41, 5.74) is 0. The lowest BCUT2D eigenvalue weighted by Gasteiger charge is -1.94. The number of carbonyl (C=O) groups excluding carboxylic acids is 1. The van der Waals surface area contributed by atoms with Gasteiger partial charge in [0.25, 0.3) is 0 Å². The van der Waals surface area contributed by atoms with Gasteiger partial charge in [-0.15, -0.1) is 0 Å². The highest BCUT2D eigenvalue weighted by atomic mass is 32.1. The van der Waals surface area contributed by atoms with E-state index in [0.29, 0.717) is 16.4 Å². The Balaban J connectivity index is 2.65. The van der Waals surface area contributed by atoms with Crippen molar-refractivity contribution in [3.05, 3.63) is 11.1 Å². The van der Waals surface area contributed by atoms with E-state index >= 15 is 0 Å². The van der Waals surface area contributed by atoms with Crippen molar-refractivity contribution in [2.75, 3.05) is 5.32 Å². The van der Waals surface area contributed by atoms with Crippen LogP contribution in [0.4, 0.5) is 5.13 Å². The predicted octanol–water partition coefficient (Wildman–Crippen LogP) is 1.36. The third kappa shape index (κ3) is 2.04. The molecule has 0 aliphatic heterocycles. The van der Waals surface area contributed by atoms with Gasteiger partial charge in [0.1, 0.15) is 10.9 Å². The number of anilines is 1. The summed E-state index contributed by atoms with van der Waals surface area (Å²) in [5.74, 6) is -0.0890. The summed E-state index contributed by atoms with van der Waals surface area (Å²) in [6.45, 7) is 1.76. The molecule has 62 valence electrons. The van der Waals surface area contributed by atoms with Crippen molar-refractivity contribution in [2.45, 2.75) is 13.3 Å². The normalized spacial score (nSPS) is 9.00. The quantitative estimate of drug-likeness (QED) is 0.749. The first kappa shape index (κ1) is 8.68. The summed E-state index contributed by atoms with van der Waals surface area (Å²) >= 11 is 1.17. The first-order valence-corrected chi connectivity index (χ1v) is 4.23. The van der Waals surface area contributed by atoms with Gasteiger partial charge in [-0.3, -0.25) is 4.79 Å². The van der Waals surface area contributed by atoms with Gasteiger partial charge in [-0.2, -0.15) is 5.26 Å². The Bertz CT molecular complexity index is 326. The summed E-state index contributed by atoms with van der Waals surface area (Å²) in [4.78, 5) is 15.2. The Morgan fingerprint density at radius 1 is 1.92 bits per heavy atom. The van der Waals surface area contributed by atoms with Crippen molar-refractivity contribution in [3.63, 3.8) is 0 Å². The van der Waals surface area contributed by atoms with Gasteiger partial charge in [0.15, 0.2) is 5.13 Å². The van der Waals surface area contributed by atoms with Gasteiger partial charge in [0, 0.05) is 6.42 Å². The molecule has 0 bridgehead atoms. The third-order valence-corrected chi connectivity index (χ3v) is 2.00. The summed E-state index contributed by atoms with van der Waals surface area (Å²) in [5, 5.41) is 11.5. The Hall–Kier alpha value is -1.41. The lowest BCUT2D eigenvalue weighted by molar-refractivity contribution is -0.115. The molecule has 0 fully saturated rings. The van der Waals surface area contributed by atoms with Gasteiger partial charge in [-0.05, 0) is 0 Å². The van der Waals surface area contributed by atoms with Crippen LogP contribution in [0.3, 0.4) is 0 Å². The molecule has 0 radical (unpaired) electrons. The number of aromatic nitrogens is 1. The van der Waals surface area contributed by atoms with Crippen molar-refractivity contribution in [3.8, 4) is 6.07 Å². The van der Waals surface area contributed by atoms with Crippen LogP contribution < -0.4 is 5.32 Å². The second-order valence-electron chi connectivity index (χ2n) is 2.04. The van der Waals surface area contributed by atoms with E-state index in [1.54, 1.807) is 6.92 Å². The van der Waals surface area contributed by atoms with Crippen LogP contribution in [0.1, 0.15) is 18.2 Å². The Kier molecular flexibility index (Phi) is 2.77. The molecule has 0 spiro atoms. The van der Waals surface area contributed by atoms with Crippen molar-refractivity contribution in [2.24, 2.45) is 0 Å². The standard InChI is InChI=1S/C7H7N3OS/c1-2-6(11)10-7-9-4-5(3-8)12-7/h4H,2H2,1H3,(H,9,10,11). The van der Waals surface area contributed by atoms with Crippen molar-refractivity contribution < 1.29 is 4.79 Å². The molecular formula is C7H7N3OS. The topological polar surface area (TPSA) is 65.8 Å². The summed E-state index contributed by atoms with van der Waals surface area (Å²) in [6.07, 6.45) is 1.86. The molecule has 4 nitrogen and oxygen atoms in total. The maximum absolute atomic E-state index is 10.9. The number of amides is 1. The molecule has 1 aromatic rings. The molecule has 1 amide bonds. The molecule has 1 heterocycles. The van der Waals surface area contributed by atoms with Gasteiger partial charge < -0.3 is 5.32 Å². The van der Waals surface area contributed by atoms with E-state index in [4.69, 9.17) is 5.26 Å². The van der Waals surface area contributed by atoms with Gasteiger partial charge in [0.2, 0.25) is 5.91 Å². The van der Waals surface area contributed by atoms with Gasteiger partial charge in [-0.25, -0.2) is 4.98 Å². The fourth-order valence-corrected chi connectivity index (χ4v) is 1.22. The summed E-state index contributed by atoms with van der Waals surface area (Å²) < 4.78 is 0. The molecule has 0 unspecified atom stereocenters. The maximum Gasteiger partial charge on any atom is 0.225 e. The molecule has 0 saturated heterocycles. The molecule has 1 aromatic heterocycles. The van der Waals surface area contributed by atoms with Crippen molar-refractivity contribution in [1.29, 1.82) is 5.26 Å². The minimum absolute atomic E-state index is 0.0890. The first-order chi connectivity index (χ1) is 5.76. The maximum atomic E-state index is 10.9. The number of carbonyl (C=O) groups is 1. The number of nitriles is 1. The van der Waals surface area contributed by atoms with Crippen LogP contribution >= 0.6 is 11.3 Å². The Labute approximate surface area is 73.9 Å². The van der Waals surface area contributed by atoms with E-state index in [1.165, 1.54) is 17.5 Å². The van der Waals surface area contributed by atoms with E-state index in [-0.39, 0.29) is 5.91 Å². The van der Waals surface area contributed by atoms with Crippen LogP contribution in [0, 0.1) is 11.3 Å². The Morgan fingerprint density at radius 3 is 3.17 bits per heavy atom. The molecule has 0 aliphatic rings. The summed E-state index contributed by atoms with van der Waals surface area (Å²) in [6, 6.07) is 1.94. The second-order valence-corrected chi connectivity index (χ2v) is 3.07. The van der Waals surface area contributed by atoms with E-state index in [2.05, 4.69) is 10.3 Å². The highest BCUT2D eigenvalue weighted by Crippen LogP contribution is 2.16. The van der Waals surface area contributed by atoms with Crippen LogP contribution in [0.5, 0.6) is 0 Å². The molecule has 0 saturated carbocycles. The van der Waals surface area contributed by atoms with Crippen LogP contribution in [0.2, 0.25) is 0 Å². The Morgan fingerprint density at radius 2 is 2.67 bits per heavy atom. The van der Waals surface area contributed by atoms with Crippen molar-refractivity contribution in [1.82, 2.24) is 4.98 Å². The van der Waals surface area contributed by atoms with Crippen molar-refractivity contribution >= 4 is 22.4 Å². The van der Waals surface area contributed by atoms with Gasteiger partial charge in [0.05, 0.1) is 6.20 Å². The van der Waals surface area contributed by atoms with Gasteiger partial charge in [-0.1, -0.05) is 18.3 Å². The monoisotopic (exact) mass is 181 g/mol. The third-order valence-electron chi connectivity index (χ3n) is 1.18. The average molecular weight is 181 g/mol. The molecule has 1 N–H and O–H groups in total. The SMILES string of the molecule is CCC(=O)Nc1ncc(C#N)s1. The van der Waals surface area contributed by atoms with Crippen LogP contribution in [-0.4, -0.2) is 10.9 Å². The summed E-state index contributed by atoms with van der Waals surface area (Å²) in [7, 11) is 0. The number of nitrogens with one attached hydrogen (secondary N) is 1. The van der Waals surface area contributed by atoms with E-state index in [0.717, 1.165) is 0 Å². The lowest BCUT2D eigenvalue weighted by atomic mass is 10.5. The number of thiazole rings is 1. The van der Waals surface area contributed by atoms with Crippen LogP contribution in [0.15, 0.2) is 6.20 Å². The molecule has 0 atom stereocenters. The lowest BCUT2D eigenvalue weighted by Crippen LogP contribution is -2.08. The number of nitrogens with zero attached hydrogens (tertiary/aromatic N) is 2. The minimum atomic E-state index is -0.0890. The number of hydrogen-bond acceptors (Lipinski definition) is 4. The average Bonchev–Trinajstić information content (AvgIpc) is 2.52. The number of hydrogen-bond donors (Lipinski definition) is 1. The highest BCUT2D eigenvalue weighted by molar-refractivity contribution is 7.16. The first-order valence-electron chi connectivity index (χ1n) is 3.42. The highest BCUT2D eigenvalue weighted by Gasteiger charge is 2.03. The molecule has 5 heteroatoms. The van der Waals surface area contributed by atoms with Gasteiger partial charge >= 0.3 is 0 Å². The largest absolute Gasteiger partial charge is 0.302 e. The molecule has 1 rings (SSSR count). The fourth-order valence-electron chi connectivity index (χ4n) is 0.591. The second kappa shape index (κ2) is 3.83. The number of rotatable bonds is 2. The van der Waals surface area contributed by atoms with Crippen LogP contribution in [-0.2, 0) is 4.79 Å². The smallest absolute Gasteiger partial charge is 0.225 e. The predicted molar refractivity (Wildman–Crippen MR) is 45.7 cm³/mol. The fraction of sp³-hybridized carbons (Fsp3) is 0.286. The zero-order chi connectivity index (χ0) is 8.97. The van der Waals surface area contributed by atoms with E-state index in [9.17, 15) is 4.79 Å². The minimum Gasteiger partial charge on any atom is -0.302 e. The van der Waals surface area contributed by atoms with E-state index < -0.39 is 0 Å². The zero-order valence-electron chi connectivity index (χ0n) is 6.50.